The van der Waals surface area contributed by atoms with Gasteiger partial charge in [0.05, 0.1) is 24.8 Å². The molecule has 146 valence electrons. The van der Waals surface area contributed by atoms with Crippen molar-refractivity contribution in [2.24, 2.45) is 0 Å². The summed E-state index contributed by atoms with van der Waals surface area (Å²) in [6, 6.07) is 10.8. The molecule has 1 amide bonds. The fourth-order valence-corrected chi connectivity index (χ4v) is 2.16. The van der Waals surface area contributed by atoms with Crippen LogP contribution in [0.1, 0.15) is 5.56 Å². The summed E-state index contributed by atoms with van der Waals surface area (Å²) in [6.45, 7) is -0.558. The van der Waals surface area contributed by atoms with Gasteiger partial charge in [0.2, 0.25) is 0 Å². The first-order valence-electron chi connectivity index (χ1n) is 8.04. The van der Waals surface area contributed by atoms with Crippen molar-refractivity contribution in [3.05, 3.63) is 64.2 Å². The second kappa shape index (κ2) is 9.72. The number of anilines is 1. The van der Waals surface area contributed by atoms with Crippen LogP contribution in [-0.4, -0.2) is 37.6 Å². The maximum absolute atomic E-state index is 12.0. The Morgan fingerprint density at radius 2 is 1.82 bits per heavy atom. The van der Waals surface area contributed by atoms with Gasteiger partial charge in [0.1, 0.15) is 11.5 Å². The molecule has 2 rings (SSSR count). The van der Waals surface area contributed by atoms with Crippen LogP contribution in [0.4, 0.5) is 11.4 Å². The minimum Gasteiger partial charge on any atom is -0.497 e. The molecule has 0 bridgehead atoms. The summed E-state index contributed by atoms with van der Waals surface area (Å²) in [6.07, 6.45) is 2.71. The van der Waals surface area contributed by atoms with Crippen molar-refractivity contribution in [3.8, 4) is 11.5 Å². The fraction of sp³-hybridized carbons (Fsp3) is 0.158. The van der Waals surface area contributed by atoms with Gasteiger partial charge in [-0.2, -0.15) is 0 Å². The van der Waals surface area contributed by atoms with E-state index in [0.29, 0.717) is 5.75 Å². The highest BCUT2D eigenvalue weighted by Gasteiger charge is 2.14. The lowest BCUT2D eigenvalue weighted by Gasteiger charge is -2.09. The van der Waals surface area contributed by atoms with Gasteiger partial charge in [0, 0.05) is 18.2 Å². The van der Waals surface area contributed by atoms with Gasteiger partial charge in [-0.15, -0.1) is 0 Å². The molecule has 0 aliphatic rings. The lowest BCUT2D eigenvalue weighted by molar-refractivity contribution is -0.384. The topological polar surface area (TPSA) is 117 Å². The molecule has 9 heteroatoms. The maximum Gasteiger partial charge on any atom is 0.331 e. The summed E-state index contributed by atoms with van der Waals surface area (Å²) in [5.41, 5.74) is 0.644. The smallest absolute Gasteiger partial charge is 0.331 e. The van der Waals surface area contributed by atoms with Gasteiger partial charge in [-0.25, -0.2) is 4.79 Å². The molecule has 0 spiro atoms. The number of rotatable bonds is 8. The molecule has 0 aromatic heterocycles. The normalized spacial score (nSPS) is 10.4. The Hall–Kier alpha value is -3.88. The van der Waals surface area contributed by atoms with E-state index in [-0.39, 0.29) is 17.1 Å². The van der Waals surface area contributed by atoms with E-state index >= 15 is 0 Å². The number of esters is 1. The third-order valence-electron chi connectivity index (χ3n) is 3.54. The number of methoxy groups -OCH3 is 2. The number of carbonyl (C=O) groups is 2. The van der Waals surface area contributed by atoms with Crippen LogP contribution in [0.2, 0.25) is 0 Å². The fourth-order valence-electron chi connectivity index (χ4n) is 2.16. The molecule has 2 aromatic rings. The van der Waals surface area contributed by atoms with E-state index in [0.717, 1.165) is 11.6 Å². The van der Waals surface area contributed by atoms with Gasteiger partial charge in [0.15, 0.2) is 6.61 Å². The van der Waals surface area contributed by atoms with Crippen molar-refractivity contribution < 1.29 is 28.7 Å². The molecular weight excluding hydrogens is 368 g/mol. The predicted molar refractivity (Wildman–Crippen MR) is 101 cm³/mol. The van der Waals surface area contributed by atoms with Crippen LogP contribution >= 0.6 is 0 Å². The quantitative estimate of drug-likeness (QED) is 0.321. The number of non-ortho nitro benzene ring substituents is 1. The van der Waals surface area contributed by atoms with Crippen molar-refractivity contribution in [1.82, 2.24) is 0 Å². The Balaban J connectivity index is 1.91. The van der Waals surface area contributed by atoms with Gasteiger partial charge >= 0.3 is 5.97 Å². The number of nitrogens with zero attached hydrogens (tertiary/aromatic N) is 1. The van der Waals surface area contributed by atoms with E-state index in [4.69, 9.17) is 14.2 Å². The zero-order chi connectivity index (χ0) is 20.5. The van der Waals surface area contributed by atoms with Crippen LogP contribution in [0.5, 0.6) is 11.5 Å². The molecule has 0 radical (unpaired) electrons. The summed E-state index contributed by atoms with van der Waals surface area (Å²) in [5.74, 6) is -0.445. The SMILES string of the molecule is COc1ccc(/C=C/C(=O)OCC(=O)Nc2cc([N+](=O)[O-])ccc2OC)cc1. The highest BCUT2D eigenvalue weighted by atomic mass is 16.6. The van der Waals surface area contributed by atoms with Gasteiger partial charge < -0.3 is 19.5 Å². The average molecular weight is 386 g/mol. The number of benzene rings is 2. The summed E-state index contributed by atoms with van der Waals surface area (Å²) in [7, 11) is 2.91. The van der Waals surface area contributed by atoms with Crippen LogP contribution < -0.4 is 14.8 Å². The molecule has 0 heterocycles. The largest absolute Gasteiger partial charge is 0.497 e. The first kappa shape index (κ1) is 20.4. The monoisotopic (exact) mass is 386 g/mol. The van der Waals surface area contributed by atoms with Crippen molar-refractivity contribution in [1.29, 1.82) is 0 Å². The zero-order valence-corrected chi connectivity index (χ0v) is 15.2. The van der Waals surface area contributed by atoms with E-state index in [2.05, 4.69) is 5.32 Å². The summed E-state index contributed by atoms with van der Waals surface area (Å²) < 4.78 is 14.9. The molecule has 1 N–H and O–H groups in total. The third-order valence-corrected chi connectivity index (χ3v) is 3.54. The first-order valence-corrected chi connectivity index (χ1v) is 8.04. The molecule has 9 nitrogen and oxygen atoms in total. The molecule has 0 unspecified atom stereocenters. The van der Waals surface area contributed by atoms with Gasteiger partial charge in [-0.05, 0) is 29.8 Å². The molecule has 0 saturated carbocycles. The Labute approximate surface area is 160 Å². The standard InChI is InChI=1S/C19H18N2O7/c1-26-15-7-3-13(4-8-15)5-10-19(23)28-12-18(22)20-16-11-14(21(24)25)6-9-17(16)27-2/h3-11H,12H2,1-2H3,(H,20,22)/b10-5+. The van der Waals surface area contributed by atoms with E-state index in [1.165, 1.54) is 31.4 Å². The Bertz CT molecular complexity index is 892. The van der Waals surface area contributed by atoms with Crippen molar-refractivity contribution >= 4 is 29.3 Å². The van der Waals surface area contributed by atoms with Crippen LogP contribution in [0.3, 0.4) is 0 Å². The Morgan fingerprint density at radius 1 is 1.11 bits per heavy atom. The lowest BCUT2D eigenvalue weighted by atomic mass is 10.2. The zero-order valence-electron chi connectivity index (χ0n) is 15.2. The Kier molecular flexibility index (Phi) is 7.09. The van der Waals surface area contributed by atoms with Crippen LogP contribution in [0.25, 0.3) is 6.08 Å². The third kappa shape index (κ3) is 5.84. The van der Waals surface area contributed by atoms with Crippen LogP contribution in [0.15, 0.2) is 48.5 Å². The number of nitrogens with one attached hydrogen (secondary N) is 1. The molecule has 0 aliphatic heterocycles. The van der Waals surface area contributed by atoms with Gasteiger partial charge in [-0.1, -0.05) is 12.1 Å². The highest BCUT2D eigenvalue weighted by Crippen LogP contribution is 2.28. The molecule has 0 saturated heterocycles. The molecular formula is C19H18N2O7. The van der Waals surface area contributed by atoms with E-state index < -0.39 is 23.4 Å². The van der Waals surface area contributed by atoms with Crippen molar-refractivity contribution in [3.63, 3.8) is 0 Å². The van der Waals surface area contributed by atoms with Crippen molar-refractivity contribution in [2.45, 2.75) is 0 Å². The number of hydrogen-bond acceptors (Lipinski definition) is 7. The minimum absolute atomic E-state index is 0.103. The minimum atomic E-state index is -0.711. The van der Waals surface area contributed by atoms with E-state index in [1.54, 1.807) is 31.4 Å². The van der Waals surface area contributed by atoms with E-state index in [1.807, 2.05) is 0 Å². The number of ether oxygens (including phenoxy) is 3. The molecule has 2 aromatic carbocycles. The number of hydrogen-bond donors (Lipinski definition) is 1. The first-order chi connectivity index (χ1) is 13.4. The molecule has 0 fully saturated rings. The second-order valence-electron chi connectivity index (χ2n) is 5.40. The van der Waals surface area contributed by atoms with E-state index in [9.17, 15) is 19.7 Å². The van der Waals surface area contributed by atoms with Crippen LogP contribution in [0, 0.1) is 10.1 Å². The predicted octanol–water partition coefficient (Wildman–Crippen LogP) is 2.81. The number of amides is 1. The maximum atomic E-state index is 12.0. The number of nitro benzene ring substituents is 1. The summed E-state index contributed by atoms with van der Waals surface area (Å²) >= 11 is 0. The van der Waals surface area contributed by atoms with Crippen LogP contribution in [-0.2, 0) is 14.3 Å². The molecule has 0 aliphatic carbocycles. The average Bonchev–Trinajstić information content (AvgIpc) is 2.71. The Morgan fingerprint density at radius 3 is 2.43 bits per heavy atom. The van der Waals surface area contributed by atoms with Gasteiger partial charge in [0.25, 0.3) is 11.6 Å². The van der Waals surface area contributed by atoms with Crippen molar-refractivity contribution in [2.75, 3.05) is 26.1 Å². The van der Waals surface area contributed by atoms with Gasteiger partial charge in [-0.3, -0.25) is 14.9 Å². The molecule has 28 heavy (non-hydrogen) atoms. The molecule has 0 atom stereocenters. The second-order valence-corrected chi connectivity index (χ2v) is 5.40. The summed E-state index contributed by atoms with van der Waals surface area (Å²) in [5, 5.41) is 13.3. The summed E-state index contributed by atoms with van der Waals surface area (Å²) in [4.78, 5) is 33.9. The highest BCUT2D eigenvalue weighted by molar-refractivity contribution is 5.96. The number of nitro groups is 1. The number of carbonyl (C=O) groups excluding carboxylic acids is 2. The lowest BCUT2D eigenvalue weighted by Crippen LogP contribution is -2.20.